The lowest BCUT2D eigenvalue weighted by Crippen LogP contribution is -2.53. The van der Waals surface area contributed by atoms with Crippen molar-refractivity contribution in [3.05, 3.63) is 53.6 Å². The number of hydrogen-bond acceptors (Lipinski definition) is 4. The number of fused-ring (bicyclic) bond motifs is 1. The second-order valence-corrected chi connectivity index (χ2v) is 11.3. The van der Waals surface area contributed by atoms with Crippen LogP contribution in [-0.2, 0) is 21.2 Å². The lowest BCUT2D eigenvalue weighted by molar-refractivity contribution is -0.124. The Labute approximate surface area is 190 Å². The molecule has 170 valence electrons. The normalized spacial score (nSPS) is 22.0. The number of carbonyl (C=O) groups excluding carboxylic acids is 1. The van der Waals surface area contributed by atoms with E-state index in [1.807, 2.05) is 17.0 Å². The van der Waals surface area contributed by atoms with Crippen molar-refractivity contribution in [3.8, 4) is 0 Å². The molecule has 1 aliphatic carbocycles. The minimum atomic E-state index is -3.57. The van der Waals surface area contributed by atoms with E-state index in [0.717, 1.165) is 36.2 Å². The molecule has 7 heteroatoms. The van der Waals surface area contributed by atoms with Crippen LogP contribution in [-0.4, -0.2) is 50.9 Å². The highest BCUT2D eigenvalue weighted by atomic mass is 32.2. The zero-order valence-electron chi connectivity index (χ0n) is 18.8. The summed E-state index contributed by atoms with van der Waals surface area (Å²) in [6.45, 7) is 6.39. The maximum absolute atomic E-state index is 13.4. The Morgan fingerprint density at radius 3 is 2.53 bits per heavy atom. The summed E-state index contributed by atoms with van der Waals surface area (Å²) in [5, 5.41) is 0. The third-order valence-corrected chi connectivity index (χ3v) is 9.09. The van der Waals surface area contributed by atoms with E-state index in [2.05, 4.69) is 36.9 Å². The Hall–Kier alpha value is -2.38. The van der Waals surface area contributed by atoms with Gasteiger partial charge in [0.15, 0.2) is 0 Å². The summed E-state index contributed by atoms with van der Waals surface area (Å²) in [7, 11) is -3.57. The molecule has 1 atom stereocenters. The molecule has 0 unspecified atom stereocenters. The molecule has 2 aromatic carbocycles. The molecule has 1 amide bonds. The number of amides is 1. The van der Waals surface area contributed by atoms with Gasteiger partial charge in [0.1, 0.15) is 0 Å². The van der Waals surface area contributed by atoms with E-state index in [9.17, 15) is 13.2 Å². The molecule has 6 nitrogen and oxygen atoms in total. The van der Waals surface area contributed by atoms with Crippen molar-refractivity contribution in [2.24, 2.45) is 5.92 Å². The molecule has 0 spiro atoms. The van der Waals surface area contributed by atoms with Crippen LogP contribution in [0.3, 0.4) is 0 Å². The number of hydrogen-bond donors (Lipinski definition) is 0. The molecule has 1 saturated heterocycles. The Bertz CT molecular complexity index is 1140. The van der Waals surface area contributed by atoms with Gasteiger partial charge in [-0.1, -0.05) is 18.6 Å². The van der Waals surface area contributed by atoms with Crippen LogP contribution < -0.4 is 9.80 Å². The average Bonchev–Trinajstić information content (AvgIpc) is 3.15. The highest BCUT2D eigenvalue weighted by Crippen LogP contribution is 2.36. The van der Waals surface area contributed by atoms with Crippen molar-refractivity contribution in [3.63, 3.8) is 0 Å². The SMILES string of the molecule is Cc1cccc(N2CCN(S(=O)(=O)c3ccc4c(c3)CCN4C(=O)C3CCC3)C[C@@H]2C)c1. The third kappa shape index (κ3) is 3.71. The molecule has 2 heterocycles. The molecule has 0 radical (unpaired) electrons. The number of carbonyl (C=O) groups is 1. The van der Waals surface area contributed by atoms with E-state index in [4.69, 9.17) is 0 Å². The van der Waals surface area contributed by atoms with E-state index >= 15 is 0 Å². The van der Waals surface area contributed by atoms with Crippen LogP contribution >= 0.6 is 0 Å². The van der Waals surface area contributed by atoms with Gasteiger partial charge in [0.2, 0.25) is 15.9 Å². The molecule has 0 aromatic heterocycles. The van der Waals surface area contributed by atoms with E-state index < -0.39 is 10.0 Å². The number of nitrogens with zero attached hydrogens (tertiary/aromatic N) is 3. The summed E-state index contributed by atoms with van der Waals surface area (Å²) >= 11 is 0. The molecular formula is C25H31N3O3S. The summed E-state index contributed by atoms with van der Waals surface area (Å²) in [6, 6.07) is 13.7. The maximum atomic E-state index is 13.4. The predicted molar refractivity (Wildman–Crippen MR) is 127 cm³/mol. The minimum Gasteiger partial charge on any atom is -0.366 e. The van der Waals surface area contributed by atoms with Crippen molar-refractivity contribution >= 4 is 27.3 Å². The number of rotatable bonds is 4. The fraction of sp³-hybridized carbons (Fsp3) is 0.480. The van der Waals surface area contributed by atoms with Crippen molar-refractivity contribution in [1.82, 2.24) is 4.31 Å². The summed E-state index contributed by atoms with van der Waals surface area (Å²) < 4.78 is 28.5. The monoisotopic (exact) mass is 453 g/mol. The fourth-order valence-electron chi connectivity index (χ4n) is 5.12. The molecule has 2 aliphatic heterocycles. The molecule has 2 fully saturated rings. The van der Waals surface area contributed by atoms with Crippen LogP contribution in [0.15, 0.2) is 47.4 Å². The van der Waals surface area contributed by atoms with Gasteiger partial charge in [0, 0.05) is 49.5 Å². The van der Waals surface area contributed by atoms with Crippen molar-refractivity contribution in [2.45, 2.75) is 50.5 Å². The minimum absolute atomic E-state index is 0.0883. The lowest BCUT2D eigenvalue weighted by atomic mass is 9.84. The first-order valence-electron chi connectivity index (χ1n) is 11.6. The number of anilines is 2. The van der Waals surface area contributed by atoms with Gasteiger partial charge in [-0.15, -0.1) is 0 Å². The summed E-state index contributed by atoms with van der Waals surface area (Å²) in [5.41, 5.74) is 4.19. The van der Waals surface area contributed by atoms with Gasteiger partial charge in [-0.25, -0.2) is 8.42 Å². The van der Waals surface area contributed by atoms with Gasteiger partial charge in [-0.3, -0.25) is 4.79 Å². The van der Waals surface area contributed by atoms with Crippen LogP contribution in [0.5, 0.6) is 0 Å². The molecular weight excluding hydrogens is 422 g/mol. The number of sulfonamides is 1. The zero-order chi connectivity index (χ0) is 22.5. The number of benzene rings is 2. The smallest absolute Gasteiger partial charge is 0.243 e. The van der Waals surface area contributed by atoms with Gasteiger partial charge >= 0.3 is 0 Å². The van der Waals surface area contributed by atoms with Gasteiger partial charge in [0.05, 0.1) is 4.90 Å². The van der Waals surface area contributed by atoms with Gasteiger partial charge < -0.3 is 9.80 Å². The topological polar surface area (TPSA) is 60.9 Å². The lowest BCUT2D eigenvalue weighted by Gasteiger charge is -2.40. The Kier molecular flexibility index (Phi) is 5.50. The van der Waals surface area contributed by atoms with Crippen LogP contribution in [0.1, 0.15) is 37.3 Å². The Morgan fingerprint density at radius 1 is 1.03 bits per heavy atom. The highest BCUT2D eigenvalue weighted by Gasteiger charge is 2.36. The van der Waals surface area contributed by atoms with Crippen LogP contribution in [0, 0.1) is 12.8 Å². The van der Waals surface area contributed by atoms with Crippen molar-refractivity contribution in [2.75, 3.05) is 36.0 Å². The molecule has 0 bridgehead atoms. The molecule has 5 rings (SSSR count). The van der Waals surface area contributed by atoms with Gasteiger partial charge in [0.25, 0.3) is 0 Å². The van der Waals surface area contributed by atoms with Crippen LogP contribution in [0.4, 0.5) is 11.4 Å². The summed E-state index contributed by atoms with van der Waals surface area (Å²) in [5.74, 6) is 0.349. The number of aryl methyl sites for hydroxylation is 1. The standard InChI is InChI=1S/C25H31N3O3S/c1-18-5-3-8-22(15-18)27-14-13-26(17-19(27)2)32(30,31)23-9-10-24-21(16-23)11-12-28(24)25(29)20-6-4-7-20/h3,5,8-10,15-16,19-20H,4,6-7,11-14,17H2,1-2H3/t19-/m0/s1. The van der Waals surface area contributed by atoms with Crippen LogP contribution in [0.2, 0.25) is 0 Å². The van der Waals surface area contributed by atoms with Crippen LogP contribution in [0.25, 0.3) is 0 Å². The summed E-state index contributed by atoms with van der Waals surface area (Å²) in [6.07, 6.45) is 3.80. The molecule has 0 N–H and O–H groups in total. The first-order chi connectivity index (χ1) is 15.3. The second kappa shape index (κ2) is 8.19. The van der Waals surface area contributed by atoms with E-state index in [1.54, 1.807) is 16.4 Å². The number of piperazine rings is 1. The quantitative estimate of drug-likeness (QED) is 0.710. The highest BCUT2D eigenvalue weighted by molar-refractivity contribution is 7.89. The predicted octanol–water partition coefficient (Wildman–Crippen LogP) is 3.58. The largest absolute Gasteiger partial charge is 0.366 e. The Balaban J connectivity index is 1.33. The fourth-order valence-corrected chi connectivity index (χ4v) is 6.69. The first kappa shape index (κ1) is 21.5. The molecule has 1 saturated carbocycles. The van der Waals surface area contributed by atoms with E-state index in [0.29, 0.717) is 37.5 Å². The molecule has 2 aromatic rings. The van der Waals surface area contributed by atoms with E-state index in [-0.39, 0.29) is 17.9 Å². The average molecular weight is 454 g/mol. The second-order valence-electron chi connectivity index (χ2n) is 9.40. The van der Waals surface area contributed by atoms with E-state index in [1.165, 1.54) is 5.56 Å². The molecule has 3 aliphatic rings. The van der Waals surface area contributed by atoms with Gasteiger partial charge in [-0.2, -0.15) is 4.31 Å². The van der Waals surface area contributed by atoms with Gasteiger partial charge in [-0.05, 0) is 74.6 Å². The maximum Gasteiger partial charge on any atom is 0.243 e. The summed E-state index contributed by atoms with van der Waals surface area (Å²) in [4.78, 5) is 17.2. The Morgan fingerprint density at radius 2 is 1.84 bits per heavy atom. The van der Waals surface area contributed by atoms with Crippen molar-refractivity contribution in [1.29, 1.82) is 0 Å². The van der Waals surface area contributed by atoms with Crippen molar-refractivity contribution < 1.29 is 13.2 Å². The molecule has 32 heavy (non-hydrogen) atoms. The third-order valence-electron chi connectivity index (χ3n) is 7.23. The first-order valence-corrected chi connectivity index (χ1v) is 13.1. The zero-order valence-corrected chi connectivity index (χ0v) is 19.6.